The van der Waals surface area contributed by atoms with Gasteiger partial charge in [-0.25, -0.2) is 0 Å². The van der Waals surface area contributed by atoms with E-state index in [2.05, 4.69) is 39.8 Å². The quantitative estimate of drug-likeness (QED) is 0.357. The van der Waals surface area contributed by atoms with E-state index >= 15 is 0 Å². The van der Waals surface area contributed by atoms with Crippen molar-refractivity contribution in [2.75, 3.05) is 0 Å². The van der Waals surface area contributed by atoms with Crippen LogP contribution in [0.15, 0.2) is 23.3 Å². The lowest BCUT2D eigenvalue weighted by molar-refractivity contribution is 0.672. The average Bonchev–Trinajstić information content (AvgIpc) is 2.17. The highest BCUT2D eigenvalue weighted by Crippen LogP contribution is 2.10. The van der Waals surface area contributed by atoms with Gasteiger partial charge in [-0.15, -0.1) is 0 Å². The standard InChI is InChI=1S/C15H28/c1-5-6-7-8-9-12-15(4)13-10-11-14(2)3/h11-12H,5-10,13H2,1-4H3/b15-12+. The Morgan fingerprint density at radius 3 is 2.20 bits per heavy atom. The molecule has 0 aliphatic heterocycles. The molecule has 0 bridgehead atoms. The van der Waals surface area contributed by atoms with Crippen LogP contribution < -0.4 is 0 Å². The van der Waals surface area contributed by atoms with E-state index in [-0.39, 0.29) is 0 Å². The van der Waals surface area contributed by atoms with Gasteiger partial charge in [0.15, 0.2) is 0 Å². The van der Waals surface area contributed by atoms with Crippen LogP contribution in [0.2, 0.25) is 0 Å². The van der Waals surface area contributed by atoms with Crippen LogP contribution in [0, 0.1) is 0 Å². The van der Waals surface area contributed by atoms with E-state index in [1.807, 2.05) is 0 Å². The zero-order valence-corrected chi connectivity index (χ0v) is 11.1. The Morgan fingerprint density at radius 1 is 0.867 bits per heavy atom. The maximum absolute atomic E-state index is 2.43. The van der Waals surface area contributed by atoms with Gasteiger partial charge in [-0.1, -0.05) is 49.5 Å². The maximum Gasteiger partial charge on any atom is -0.0288 e. The van der Waals surface area contributed by atoms with E-state index in [1.165, 1.54) is 50.5 Å². The number of unbranched alkanes of at least 4 members (excludes halogenated alkanes) is 4. The Hall–Kier alpha value is -0.520. The van der Waals surface area contributed by atoms with Crippen molar-refractivity contribution in [1.82, 2.24) is 0 Å². The zero-order valence-electron chi connectivity index (χ0n) is 11.1. The highest BCUT2D eigenvalue weighted by molar-refractivity contribution is 5.01. The molecule has 0 saturated carbocycles. The fraction of sp³-hybridized carbons (Fsp3) is 0.733. The first-order valence-electron chi connectivity index (χ1n) is 6.45. The van der Waals surface area contributed by atoms with Gasteiger partial charge in [0.25, 0.3) is 0 Å². The summed E-state index contributed by atoms with van der Waals surface area (Å²) in [5.41, 5.74) is 3.00. The largest absolute Gasteiger partial charge is 0.0856 e. The number of allylic oxidation sites excluding steroid dienone is 4. The minimum atomic E-state index is 1.21. The van der Waals surface area contributed by atoms with Gasteiger partial charge in [0.2, 0.25) is 0 Å². The summed E-state index contributed by atoms with van der Waals surface area (Å²) in [6.07, 6.45) is 14.0. The van der Waals surface area contributed by atoms with Gasteiger partial charge in [0, 0.05) is 0 Å². The Labute approximate surface area is 96.5 Å². The first-order chi connectivity index (χ1) is 7.16. The zero-order chi connectivity index (χ0) is 11.5. The summed E-state index contributed by atoms with van der Waals surface area (Å²) in [6, 6.07) is 0. The summed E-state index contributed by atoms with van der Waals surface area (Å²) in [7, 11) is 0. The van der Waals surface area contributed by atoms with Crippen LogP contribution in [0.5, 0.6) is 0 Å². The monoisotopic (exact) mass is 208 g/mol. The topological polar surface area (TPSA) is 0 Å². The van der Waals surface area contributed by atoms with Gasteiger partial charge < -0.3 is 0 Å². The molecule has 0 N–H and O–H groups in total. The molecule has 0 amide bonds. The maximum atomic E-state index is 2.43. The molecule has 88 valence electrons. The van der Waals surface area contributed by atoms with Gasteiger partial charge in [-0.05, 0) is 46.5 Å². The second-order valence-corrected chi connectivity index (χ2v) is 4.72. The fourth-order valence-electron chi connectivity index (χ4n) is 1.61. The first kappa shape index (κ1) is 14.5. The molecule has 0 unspecified atom stereocenters. The molecule has 0 saturated heterocycles. The molecule has 0 heterocycles. The molecule has 0 aliphatic rings. The molecule has 0 aromatic carbocycles. The van der Waals surface area contributed by atoms with Crippen LogP contribution in [0.25, 0.3) is 0 Å². The minimum Gasteiger partial charge on any atom is -0.0856 e. The fourth-order valence-corrected chi connectivity index (χ4v) is 1.61. The Kier molecular flexibility index (Phi) is 9.67. The summed E-state index contributed by atoms with van der Waals surface area (Å²) in [6.45, 7) is 8.87. The summed E-state index contributed by atoms with van der Waals surface area (Å²) < 4.78 is 0. The molecule has 0 nitrogen and oxygen atoms in total. The van der Waals surface area contributed by atoms with Crippen LogP contribution >= 0.6 is 0 Å². The Balaban J connectivity index is 3.48. The van der Waals surface area contributed by atoms with Crippen LogP contribution in [-0.2, 0) is 0 Å². The van der Waals surface area contributed by atoms with Crippen molar-refractivity contribution in [1.29, 1.82) is 0 Å². The second kappa shape index (κ2) is 10.0. The molecule has 0 aromatic rings. The summed E-state index contributed by atoms with van der Waals surface area (Å²) in [5, 5.41) is 0. The number of hydrogen-bond acceptors (Lipinski definition) is 0. The smallest absolute Gasteiger partial charge is 0.0288 e. The molecule has 15 heavy (non-hydrogen) atoms. The molecule has 0 heteroatoms. The molecule has 0 rings (SSSR count). The summed E-state index contributed by atoms with van der Waals surface area (Å²) in [5.74, 6) is 0. The van der Waals surface area contributed by atoms with E-state index < -0.39 is 0 Å². The van der Waals surface area contributed by atoms with E-state index in [0.29, 0.717) is 0 Å². The molecule has 0 aliphatic carbocycles. The Morgan fingerprint density at radius 2 is 1.60 bits per heavy atom. The summed E-state index contributed by atoms with van der Waals surface area (Å²) in [4.78, 5) is 0. The third kappa shape index (κ3) is 11.4. The van der Waals surface area contributed by atoms with Gasteiger partial charge in [0.1, 0.15) is 0 Å². The second-order valence-electron chi connectivity index (χ2n) is 4.72. The van der Waals surface area contributed by atoms with Gasteiger partial charge >= 0.3 is 0 Å². The van der Waals surface area contributed by atoms with E-state index in [4.69, 9.17) is 0 Å². The lowest BCUT2D eigenvalue weighted by Crippen LogP contribution is -1.79. The molecule has 0 atom stereocenters. The third-order valence-corrected chi connectivity index (χ3v) is 2.64. The predicted molar refractivity (Wildman–Crippen MR) is 71.2 cm³/mol. The van der Waals surface area contributed by atoms with Gasteiger partial charge in [-0.2, -0.15) is 0 Å². The molecule has 0 radical (unpaired) electrons. The number of hydrogen-bond donors (Lipinski definition) is 0. The van der Waals surface area contributed by atoms with E-state index in [1.54, 1.807) is 5.57 Å². The summed E-state index contributed by atoms with van der Waals surface area (Å²) >= 11 is 0. The van der Waals surface area contributed by atoms with Crippen molar-refractivity contribution in [2.45, 2.75) is 72.6 Å². The van der Waals surface area contributed by atoms with Gasteiger partial charge in [-0.3, -0.25) is 0 Å². The average molecular weight is 208 g/mol. The SMILES string of the molecule is CCCCCC/C=C(\C)CCC=C(C)C. The first-order valence-corrected chi connectivity index (χ1v) is 6.45. The molecular formula is C15H28. The molecule has 0 fully saturated rings. The van der Waals surface area contributed by atoms with Crippen LogP contribution in [-0.4, -0.2) is 0 Å². The lowest BCUT2D eigenvalue weighted by Gasteiger charge is -1.99. The van der Waals surface area contributed by atoms with Gasteiger partial charge in [0.05, 0.1) is 0 Å². The lowest BCUT2D eigenvalue weighted by atomic mass is 10.1. The Bertz CT molecular complexity index is 192. The third-order valence-electron chi connectivity index (χ3n) is 2.64. The predicted octanol–water partition coefficient (Wildman–Crippen LogP) is 5.65. The van der Waals surface area contributed by atoms with Crippen molar-refractivity contribution in [3.05, 3.63) is 23.3 Å². The molecule has 0 spiro atoms. The highest BCUT2D eigenvalue weighted by atomic mass is 14.0. The molecular weight excluding hydrogens is 180 g/mol. The van der Waals surface area contributed by atoms with Crippen molar-refractivity contribution >= 4 is 0 Å². The highest BCUT2D eigenvalue weighted by Gasteiger charge is 1.90. The van der Waals surface area contributed by atoms with Crippen LogP contribution in [0.3, 0.4) is 0 Å². The minimum absolute atomic E-state index is 1.21. The van der Waals surface area contributed by atoms with Crippen molar-refractivity contribution in [3.63, 3.8) is 0 Å². The normalized spacial score (nSPS) is 11.6. The number of rotatable bonds is 8. The van der Waals surface area contributed by atoms with Crippen molar-refractivity contribution in [3.8, 4) is 0 Å². The van der Waals surface area contributed by atoms with Crippen molar-refractivity contribution < 1.29 is 0 Å². The van der Waals surface area contributed by atoms with Crippen LogP contribution in [0.1, 0.15) is 72.6 Å². The van der Waals surface area contributed by atoms with Crippen LogP contribution in [0.4, 0.5) is 0 Å². The molecule has 0 aromatic heterocycles. The van der Waals surface area contributed by atoms with Crippen molar-refractivity contribution in [2.24, 2.45) is 0 Å². The van der Waals surface area contributed by atoms with E-state index in [9.17, 15) is 0 Å². The van der Waals surface area contributed by atoms with E-state index in [0.717, 1.165) is 0 Å².